The van der Waals surface area contributed by atoms with Gasteiger partial charge in [-0.25, -0.2) is 4.99 Å². The highest BCUT2D eigenvalue weighted by Crippen LogP contribution is 2.38. The van der Waals surface area contributed by atoms with E-state index in [0.29, 0.717) is 24.1 Å². The van der Waals surface area contributed by atoms with Crippen LogP contribution < -0.4 is 5.32 Å². The summed E-state index contributed by atoms with van der Waals surface area (Å²) >= 11 is 0. The van der Waals surface area contributed by atoms with Gasteiger partial charge in [-0.2, -0.15) is 5.10 Å². The van der Waals surface area contributed by atoms with Crippen LogP contribution in [0.2, 0.25) is 0 Å². The van der Waals surface area contributed by atoms with E-state index in [1.165, 1.54) is 0 Å². The van der Waals surface area contributed by atoms with E-state index in [2.05, 4.69) is 29.2 Å². The SMILES string of the molecule is CCC(=Nc1cnn(C(C)C)c1)c1c(O)[nH]c2ccc(C(=O)NCC3(OC)CC3)cc12. The maximum Gasteiger partial charge on any atom is 0.251 e. The normalized spacial score (nSPS) is 15.6. The van der Waals surface area contributed by atoms with Gasteiger partial charge >= 0.3 is 0 Å². The molecule has 0 spiro atoms. The number of benzene rings is 1. The number of aromatic hydroxyl groups is 1. The molecule has 8 heteroatoms. The van der Waals surface area contributed by atoms with Gasteiger partial charge in [-0.1, -0.05) is 6.92 Å². The van der Waals surface area contributed by atoms with Crippen LogP contribution in [0, 0.1) is 0 Å². The monoisotopic (exact) mass is 423 g/mol. The average Bonchev–Trinajstić information content (AvgIpc) is 3.25. The summed E-state index contributed by atoms with van der Waals surface area (Å²) in [5.74, 6) is -0.120. The number of amides is 1. The number of aromatic amines is 1. The van der Waals surface area contributed by atoms with Crippen molar-refractivity contribution in [2.45, 2.75) is 51.7 Å². The zero-order valence-electron chi connectivity index (χ0n) is 18.4. The number of aromatic nitrogens is 3. The van der Waals surface area contributed by atoms with Crippen molar-refractivity contribution >= 4 is 28.2 Å². The molecule has 0 aliphatic heterocycles. The second kappa shape index (κ2) is 8.19. The van der Waals surface area contributed by atoms with Crippen molar-refractivity contribution in [2.24, 2.45) is 4.99 Å². The topological polar surface area (TPSA) is 105 Å². The van der Waals surface area contributed by atoms with Crippen LogP contribution in [0.15, 0.2) is 35.6 Å². The lowest BCUT2D eigenvalue weighted by Gasteiger charge is -2.14. The Morgan fingerprint density at radius 1 is 1.42 bits per heavy atom. The molecule has 0 radical (unpaired) electrons. The summed E-state index contributed by atoms with van der Waals surface area (Å²) in [7, 11) is 1.68. The Morgan fingerprint density at radius 3 is 2.81 bits per heavy atom. The van der Waals surface area contributed by atoms with E-state index < -0.39 is 0 Å². The molecule has 164 valence electrons. The highest BCUT2D eigenvalue weighted by Gasteiger charge is 2.43. The Balaban J connectivity index is 1.66. The number of hydrogen-bond acceptors (Lipinski definition) is 5. The van der Waals surface area contributed by atoms with Crippen LogP contribution in [0.1, 0.15) is 62.0 Å². The summed E-state index contributed by atoms with van der Waals surface area (Å²) in [5.41, 5.74) is 3.13. The van der Waals surface area contributed by atoms with Crippen molar-refractivity contribution in [3.63, 3.8) is 0 Å². The van der Waals surface area contributed by atoms with Gasteiger partial charge in [-0.15, -0.1) is 0 Å². The Labute approximate surface area is 181 Å². The maximum atomic E-state index is 12.7. The van der Waals surface area contributed by atoms with Crippen LogP contribution in [-0.2, 0) is 4.74 Å². The molecule has 4 rings (SSSR count). The summed E-state index contributed by atoms with van der Waals surface area (Å²) in [6.07, 6.45) is 6.13. The van der Waals surface area contributed by atoms with E-state index in [0.717, 1.165) is 35.1 Å². The first-order valence-corrected chi connectivity index (χ1v) is 10.7. The van der Waals surface area contributed by atoms with Crippen LogP contribution in [0.3, 0.4) is 0 Å². The van der Waals surface area contributed by atoms with Crippen molar-refractivity contribution in [2.75, 3.05) is 13.7 Å². The van der Waals surface area contributed by atoms with Crippen molar-refractivity contribution in [3.8, 4) is 5.88 Å². The Morgan fingerprint density at radius 2 is 2.19 bits per heavy atom. The van der Waals surface area contributed by atoms with Gasteiger partial charge in [0.2, 0.25) is 0 Å². The fourth-order valence-electron chi connectivity index (χ4n) is 3.68. The first-order valence-electron chi connectivity index (χ1n) is 10.7. The predicted molar refractivity (Wildman–Crippen MR) is 120 cm³/mol. The third-order valence-corrected chi connectivity index (χ3v) is 5.86. The molecule has 1 aliphatic carbocycles. The minimum absolute atomic E-state index is 0.0423. The summed E-state index contributed by atoms with van der Waals surface area (Å²) in [6.45, 7) is 6.58. The Kier molecular flexibility index (Phi) is 5.58. The lowest BCUT2D eigenvalue weighted by molar-refractivity contribution is 0.0711. The number of carbonyl (C=O) groups is 1. The van der Waals surface area contributed by atoms with Crippen molar-refractivity contribution < 1.29 is 14.6 Å². The molecule has 0 atom stereocenters. The smallest absolute Gasteiger partial charge is 0.251 e. The van der Waals surface area contributed by atoms with Gasteiger partial charge < -0.3 is 20.1 Å². The number of nitrogens with zero attached hydrogens (tertiary/aromatic N) is 3. The zero-order valence-corrected chi connectivity index (χ0v) is 18.4. The molecule has 0 bridgehead atoms. The summed E-state index contributed by atoms with van der Waals surface area (Å²) in [6, 6.07) is 5.59. The number of aliphatic imine (C=N–C) groups is 1. The van der Waals surface area contributed by atoms with Gasteiger partial charge in [-0.3, -0.25) is 9.48 Å². The highest BCUT2D eigenvalue weighted by molar-refractivity contribution is 6.14. The number of hydrogen-bond donors (Lipinski definition) is 3. The second-order valence-corrected chi connectivity index (χ2v) is 8.36. The fourth-order valence-corrected chi connectivity index (χ4v) is 3.68. The van der Waals surface area contributed by atoms with Gasteiger partial charge in [0.1, 0.15) is 5.69 Å². The molecule has 1 amide bonds. The summed E-state index contributed by atoms with van der Waals surface area (Å²) < 4.78 is 7.31. The molecular weight excluding hydrogens is 394 g/mol. The van der Waals surface area contributed by atoms with Crippen molar-refractivity contribution in [1.29, 1.82) is 0 Å². The third kappa shape index (κ3) is 4.20. The van der Waals surface area contributed by atoms with E-state index in [1.54, 1.807) is 31.5 Å². The average molecular weight is 424 g/mol. The van der Waals surface area contributed by atoms with Gasteiger partial charge in [-0.05, 0) is 51.3 Å². The second-order valence-electron chi connectivity index (χ2n) is 8.36. The van der Waals surface area contributed by atoms with Gasteiger partial charge in [0, 0.05) is 36.2 Å². The molecule has 8 nitrogen and oxygen atoms in total. The molecule has 3 aromatic rings. The van der Waals surface area contributed by atoms with Crippen LogP contribution >= 0.6 is 0 Å². The minimum atomic E-state index is -0.209. The Bertz CT molecular complexity index is 1140. The third-order valence-electron chi connectivity index (χ3n) is 5.86. The molecule has 2 heterocycles. The number of fused-ring (bicyclic) bond motifs is 1. The van der Waals surface area contributed by atoms with Crippen LogP contribution in [0.25, 0.3) is 10.9 Å². The molecule has 1 saturated carbocycles. The summed E-state index contributed by atoms with van der Waals surface area (Å²) in [5, 5.41) is 18.7. The lowest BCUT2D eigenvalue weighted by Crippen LogP contribution is -2.34. The van der Waals surface area contributed by atoms with Gasteiger partial charge in [0.05, 0.1) is 29.3 Å². The minimum Gasteiger partial charge on any atom is -0.494 e. The molecule has 0 unspecified atom stereocenters. The number of ether oxygens (including phenoxy) is 1. The fraction of sp³-hybridized carbons (Fsp3) is 0.435. The molecule has 1 aromatic carbocycles. The van der Waals surface area contributed by atoms with Crippen LogP contribution in [0.4, 0.5) is 5.69 Å². The maximum absolute atomic E-state index is 12.7. The van der Waals surface area contributed by atoms with Crippen molar-refractivity contribution in [3.05, 3.63) is 41.7 Å². The van der Waals surface area contributed by atoms with Crippen molar-refractivity contribution in [1.82, 2.24) is 20.1 Å². The standard InChI is InChI=1S/C23H29N5O3/c1-5-18(26-16-11-25-28(12-16)14(2)3)20-17-10-15(6-7-19(17)27-22(20)30)21(29)24-13-23(31-4)8-9-23/h6-7,10-12,14,27,30H,5,8-9,13H2,1-4H3,(H,24,29). The quantitative estimate of drug-likeness (QED) is 0.475. The predicted octanol–water partition coefficient (Wildman–Crippen LogP) is 4.09. The summed E-state index contributed by atoms with van der Waals surface area (Å²) in [4.78, 5) is 20.4. The van der Waals surface area contributed by atoms with Gasteiger partial charge in [0.25, 0.3) is 5.91 Å². The van der Waals surface area contributed by atoms with E-state index in [4.69, 9.17) is 9.73 Å². The number of methoxy groups -OCH3 is 1. The van der Waals surface area contributed by atoms with E-state index in [1.807, 2.05) is 17.8 Å². The van der Waals surface area contributed by atoms with Gasteiger partial charge in [0.15, 0.2) is 5.88 Å². The number of rotatable bonds is 8. The first kappa shape index (κ1) is 21.1. The molecular formula is C23H29N5O3. The molecule has 3 N–H and O–H groups in total. The number of nitrogens with one attached hydrogen (secondary N) is 2. The largest absolute Gasteiger partial charge is 0.494 e. The number of carbonyl (C=O) groups excluding carboxylic acids is 1. The molecule has 1 fully saturated rings. The lowest BCUT2D eigenvalue weighted by atomic mass is 10.0. The van der Waals surface area contributed by atoms with E-state index in [9.17, 15) is 9.90 Å². The highest BCUT2D eigenvalue weighted by atomic mass is 16.5. The Hall–Kier alpha value is -3.13. The molecule has 31 heavy (non-hydrogen) atoms. The first-order chi connectivity index (χ1) is 14.9. The number of H-pyrrole nitrogens is 1. The van der Waals surface area contributed by atoms with Crippen LogP contribution in [-0.4, -0.2) is 50.7 Å². The molecule has 0 saturated heterocycles. The van der Waals surface area contributed by atoms with E-state index >= 15 is 0 Å². The van der Waals surface area contributed by atoms with E-state index in [-0.39, 0.29) is 23.4 Å². The zero-order chi connectivity index (χ0) is 22.2. The molecule has 1 aliphatic rings. The van der Waals surface area contributed by atoms with Crippen LogP contribution in [0.5, 0.6) is 5.88 Å². The molecule has 2 aromatic heterocycles.